The normalized spacial score (nSPS) is 13.0. The lowest BCUT2D eigenvalue weighted by Gasteiger charge is -2.30. The van der Waals surface area contributed by atoms with E-state index >= 15 is 0 Å². The van der Waals surface area contributed by atoms with Gasteiger partial charge in [-0.05, 0) is 48.7 Å². The number of nitrogens with zero attached hydrogens (tertiary/aromatic N) is 4. The van der Waals surface area contributed by atoms with E-state index in [2.05, 4.69) is 44.5 Å². The first kappa shape index (κ1) is 18.9. The van der Waals surface area contributed by atoms with Gasteiger partial charge in [0.2, 0.25) is 0 Å². The summed E-state index contributed by atoms with van der Waals surface area (Å²) >= 11 is 0. The lowest BCUT2D eigenvalue weighted by molar-refractivity contribution is 0.102. The average molecular weight is 387 g/mol. The lowest BCUT2D eigenvalue weighted by Crippen LogP contribution is -2.31. The van der Waals surface area contributed by atoms with E-state index in [1.807, 2.05) is 50.2 Å². The summed E-state index contributed by atoms with van der Waals surface area (Å²) in [5, 5.41) is 2.93. The number of rotatable bonds is 4. The van der Waals surface area contributed by atoms with Crippen LogP contribution in [0, 0.1) is 6.92 Å². The number of carbonyl (C=O) groups is 1. The topological polar surface area (TPSA) is 61.4 Å². The van der Waals surface area contributed by atoms with E-state index in [0.29, 0.717) is 11.5 Å². The number of fused-ring (bicyclic) bond motifs is 1. The second-order valence-electron chi connectivity index (χ2n) is 7.49. The Balaban J connectivity index is 1.53. The molecule has 6 heteroatoms. The minimum atomic E-state index is -0.230. The van der Waals surface area contributed by atoms with Crippen LogP contribution in [0.5, 0.6) is 0 Å². The van der Waals surface area contributed by atoms with Crippen molar-refractivity contribution < 1.29 is 4.79 Å². The van der Waals surface area contributed by atoms with E-state index in [0.717, 1.165) is 36.7 Å². The maximum atomic E-state index is 12.8. The Kier molecular flexibility index (Phi) is 5.16. The van der Waals surface area contributed by atoms with Gasteiger partial charge in [-0.25, -0.2) is 9.97 Å². The summed E-state index contributed by atoms with van der Waals surface area (Å²) in [7, 11) is 3.97. The molecule has 4 rings (SSSR count). The third-order valence-electron chi connectivity index (χ3n) is 5.15. The van der Waals surface area contributed by atoms with Crippen LogP contribution in [0.15, 0.2) is 54.6 Å². The molecule has 1 amide bonds. The molecule has 0 atom stereocenters. The fourth-order valence-corrected chi connectivity index (χ4v) is 3.56. The highest BCUT2D eigenvalue weighted by Gasteiger charge is 2.19. The van der Waals surface area contributed by atoms with Gasteiger partial charge in [0.1, 0.15) is 17.3 Å². The molecule has 0 unspecified atom stereocenters. The highest BCUT2D eigenvalue weighted by Crippen LogP contribution is 2.24. The number of carbonyl (C=O) groups excluding carboxylic acids is 1. The van der Waals surface area contributed by atoms with Crippen molar-refractivity contribution in [1.82, 2.24) is 9.97 Å². The van der Waals surface area contributed by atoms with E-state index in [1.165, 1.54) is 11.1 Å². The summed E-state index contributed by atoms with van der Waals surface area (Å²) in [4.78, 5) is 25.9. The standard InChI is InChI=1S/C23H25N5O/c1-16-24-21(23(29)26-19-8-10-20(11-9-19)27(2)3)14-22(25-16)28-13-12-17-6-4-5-7-18(17)15-28/h4-11,14H,12-13,15H2,1-3H3,(H,26,29). The molecular weight excluding hydrogens is 362 g/mol. The number of hydrogen-bond donors (Lipinski definition) is 1. The van der Waals surface area contributed by atoms with E-state index < -0.39 is 0 Å². The summed E-state index contributed by atoms with van der Waals surface area (Å²) in [6.45, 7) is 3.49. The first-order valence-electron chi connectivity index (χ1n) is 9.76. The second-order valence-corrected chi connectivity index (χ2v) is 7.49. The van der Waals surface area contributed by atoms with E-state index in [1.54, 1.807) is 6.07 Å². The molecule has 0 spiro atoms. The highest BCUT2D eigenvalue weighted by atomic mass is 16.1. The van der Waals surface area contributed by atoms with Gasteiger partial charge in [-0.1, -0.05) is 24.3 Å². The predicted molar refractivity (Wildman–Crippen MR) is 117 cm³/mol. The van der Waals surface area contributed by atoms with Crippen LogP contribution in [0.1, 0.15) is 27.4 Å². The molecule has 0 saturated heterocycles. The molecular formula is C23H25N5O. The lowest BCUT2D eigenvalue weighted by atomic mass is 10.00. The number of amides is 1. The molecule has 0 fully saturated rings. The van der Waals surface area contributed by atoms with Gasteiger partial charge < -0.3 is 15.1 Å². The Morgan fingerprint density at radius 2 is 1.76 bits per heavy atom. The Hall–Kier alpha value is -3.41. The van der Waals surface area contributed by atoms with Crippen molar-refractivity contribution in [3.8, 4) is 0 Å². The van der Waals surface area contributed by atoms with Crippen molar-refractivity contribution in [1.29, 1.82) is 0 Å². The third-order valence-corrected chi connectivity index (χ3v) is 5.15. The molecule has 2 aromatic carbocycles. The zero-order valence-electron chi connectivity index (χ0n) is 17.0. The molecule has 0 aliphatic carbocycles. The molecule has 1 aromatic heterocycles. The summed E-state index contributed by atoms with van der Waals surface area (Å²) in [6.07, 6.45) is 0.971. The maximum absolute atomic E-state index is 12.8. The molecule has 1 N–H and O–H groups in total. The Morgan fingerprint density at radius 1 is 1.03 bits per heavy atom. The van der Waals surface area contributed by atoms with Crippen molar-refractivity contribution in [3.05, 3.63) is 77.2 Å². The first-order valence-corrected chi connectivity index (χ1v) is 9.76. The molecule has 6 nitrogen and oxygen atoms in total. The van der Waals surface area contributed by atoms with Crippen LogP contribution < -0.4 is 15.1 Å². The largest absolute Gasteiger partial charge is 0.378 e. The van der Waals surface area contributed by atoms with E-state index in [-0.39, 0.29) is 5.91 Å². The molecule has 0 radical (unpaired) electrons. The van der Waals surface area contributed by atoms with E-state index in [9.17, 15) is 4.79 Å². The van der Waals surface area contributed by atoms with E-state index in [4.69, 9.17) is 0 Å². The molecule has 3 aromatic rings. The summed E-state index contributed by atoms with van der Waals surface area (Å²) < 4.78 is 0. The van der Waals surface area contributed by atoms with Crippen LogP contribution in [-0.2, 0) is 13.0 Å². The summed E-state index contributed by atoms with van der Waals surface area (Å²) in [6, 6.07) is 18.0. The summed E-state index contributed by atoms with van der Waals surface area (Å²) in [5.41, 5.74) is 4.89. The van der Waals surface area contributed by atoms with Crippen LogP contribution in [0.2, 0.25) is 0 Å². The smallest absolute Gasteiger partial charge is 0.274 e. The number of anilines is 3. The van der Waals surface area contributed by atoms with Crippen molar-refractivity contribution in [2.45, 2.75) is 19.9 Å². The highest BCUT2D eigenvalue weighted by molar-refractivity contribution is 6.03. The van der Waals surface area contributed by atoms with Gasteiger partial charge in [0.25, 0.3) is 5.91 Å². The second kappa shape index (κ2) is 7.91. The van der Waals surface area contributed by atoms with Crippen molar-refractivity contribution in [3.63, 3.8) is 0 Å². The van der Waals surface area contributed by atoms with Crippen molar-refractivity contribution in [2.24, 2.45) is 0 Å². The van der Waals surface area contributed by atoms with Gasteiger partial charge in [0.15, 0.2) is 0 Å². The van der Waals surface area contributed by atoms with Crippen LogP contribution >= 0.6 is 0 Å². The van der Waals surface area contributed by atoms with Crippen molar-refractivity contribution in [2.75, 3.05) is 35.8 Å². The monoisotopic (exact) mass is 387 g/mol. The number of nitrogens with one attached hydrogen (secondary N) is 1. The summed E-state index contributed by atoms with van der Waals surface area (Å²) in [5.74, 6) is 1.15. The zero-order valence-corrected chi connectivity index (χ0v) is 17.0. The van der Waals surface area contributed by atoms with Crippen LogP contribution in [0.25, 0.3) is 0 Å². The van der Waals surface area contributed by atoms with Gasteiger partial charge >= 0.3 is 0 Å². The minimum Gasteiger partial charge on any atom is -0.378 e. The number of aromatic nitrogens is 2. The van der Waals surface area contributed by atoms with Gasteiger partial charge in [0, 0.05) is 44.6 Å². The SMILES string of the molecule is Cc1nc(C(=O)Nc2ccc(N(C)C)cc2)cc(N2CCc3ccccc3C2)n1. The number of benzene rings is 2. The zero-order chi connectivity index (χ0) is 20.4. The van der Waals surface area contributed by atoms with Gasteiger partial charge in [-0.3, -0.25) is 4.79 Å². The van der Waals surface area contributed by atoms with Gasteiger partial charge in [-0.15, -0.1) is 0 Å². The molecule has 148 valence electrons. The average Bonchev–Trinajstić information content (AvgIpc) is 2.73. The molecule has 2 heterocycles. The minimum absolute atomic E-state index is 0.230. The van der Waals surface area contributed by atoms with Crippen LogP contribution in [-0.4, -0.2) is 36.5 Å². The fourth-order valence-electron chi connectivity index (χ4n) is 3.56. The molecule has 29 heavy (non-hydrogen) atoms. The van der Waals surface area contributed by atoms with Crippen LogP contribution in [0.3, 0.4) is 0 Å². The third kappa shape index (κ3) is 4.21. The quantitative estimate of drug-likeness (QED) is 0.740. The Bertz CT molecular complexity index is 1030. The maximum Gasteiger partial charge on any atom is 0.274 e. The molecule has 0 bridgehead atoms. The van der Waals surface area contributed by atoms with Crippen LogP contribution in [0.4, 0.5) is 17.2 Å². The van der Waals surface area contributed by atoms with Gasteiger partial charge in [-0.2, -0.15) is 0 Å². The molecule has 1 aliphatic heterocycles. The fraction of sp³-hybridized carbons (Fsp3) is 0.261. The van der Waals surface area contributed by atoms with Crippen molar-refractivity contribution >= 4 is 23.1 Å². The molecule has 1 aliphatic rings. The molecule has 0 saturated carbocycles. The number of aryl methyl sites for hydroxylation is 1. The Labute approximate surface area is 171 Å². The first-order chi connectivity index (χ1) is 14.0. The Morgan fingerprint density at radius 3 is 2.48 bits per heavy atom. The predicted octanol–water partition coefficient (Wildman–Crippen LogP) is 3.67. The number of hydrogen-bond acceptors (Lipinski definition) is 5. The van der Waals surface area contributed by atoms with Gasteiger partial charge in [0.05, 0.1) is 0 Å².